The van der Waals surface area contributed by atoms with E-state index in [0.717, 1.165) is 0 Å². The molecule has 2 N–H and O–H groups in total. The molecular weight excluding hydrogens is 256 g/mol. The lowest BCUT2D eigenvalue weighted by molar-refractivity contribution is -0.126. The van der Waals surface area contributed by atoms with Crippen LogP contribution in [0.25, 0.3) is 0 Å². The van der Waals surface area contributed by atoms with Gasteiger partial charge in [0.15, 0.2) is 0 Å². The summed E-state index contributed by atoms with van der Waals surface area (Å²) in [5.41, 5.74) is 0.787. The Morgan fingerprint density at radius 2 is 1.95 bits per heavy atom. The van der Waals surface area contributed by atoms with Gasteiger partial charge in [0.1, 0.15) is 12.5 Å². The standard InChI is InChI=1S/C14H18N4O2/c1-18(2)8-7-16-13(19)9-14(20)17-12-6-4-3-5-11(12)10-15/h3-6H,7-9H2,1-2H3,(H,16,19)(H,17,20). The third-order valence-electron chi connectivity index (χ3n) is 2.52. The number of hydrogen-bond donors (Lipinski definition) is 2. The fourth-order valence-corrected chi connectivity index (χ4v) is 1.51. The van der Waals surface area contributed by atoms with Gasteiger partial charge in [-0.3, -0.25) is 9.59 Å². The Morgan fingerprint density at radius 1 is 1.25 bits per heavy atom. The second-order valence-corrected chi connectivity index (χ2v) is 4.54. The first-order chi connectivity index (χ1) is 9.52. The number of amides is 2. The molecule has 2 amide bonds. The van der Waals surface area contributed by atoms with Gasteiger partial charge in [0, 0.05) is 13.1 Å². The molecule has 106 valence electrons. The summed E-state index contributed by atoms with van der Waals surface area (Å²) < 4.78 is 0. The number of nitrogens with zero attached hydrogens (tertiary/aromatic N) is 2. The minimum Gasteiger partial charge on any atom is -0.354 e. The molecule has 0 spiro atoms. The van der Waals surface area contributed by atoms with Gasteiger partial charge >= 0.3 is 0 Å². The number of hydrogen-bond acceptors (Lipinski definition) is 4. The Bertz CT molecular complexity index is 520. The molecule has 6 nitrogen and oxygen atoms in total. The molecule has 0 aliphatic rings. The molecule has 0 heterocycles. The maximum Gasteiger partial charge on any atom is 0.233 e. The number of likely N-dealkylation sites (N-methyl/N-ethyl adjacent to an activating group) is 1. The number of carbonyl (C=O) groups is 2. The van der Waals surface area contributed by atoms with E-state index in [1.165, 1.54) is 0 Å². The van der Waals surface area contributed by atoms with Gasteiger partial charge < -0.3 is 15.5 Å². The van der Waals surface area contributed by atoms with Gasteiger partial charge in [-0.15, -0.1) is 0 Å². The predicted octanol–water partition coefficient (Wildman–Crippen LogP) is 0.565. The monoisotopic (exact) mass is 274 g/mol. The Balaban J connectivity index is 2.44. The molecule has 0 radical (unpaired) electrons. The summed E-state index contributed by atoms with van der Waals surface area (Å²) in [6.07, 6.45) is -0.257. The number of benzene rings is 1. The highest BCUT2D eigenvalue weighted by Gasteiger charge is 2.11. The molecule has 20 heavy (non-hydrogen) atoms. The quantitative estimate of drug-likeness (QED) is 0.742. The lowest BCUT2D eigenvalue weighted by Crippen LogP contribution is -2.33. The lowest BCUT2D eigenvalue weighted by atomic mass is 10.2. The van der Waals surface area contributed by atoms with Crippen LogP contribution in [0.3, 0.4) is 0 Å². The van der Waals surface area contributed by atoms with Crippen LogP contribution in [0.1, 0.15) is 12.0 Å². The lowest BCUT2D eigenvalue weighted by Gasteiger charge is -2.10. The average Bonchev–Trinajstić information content (AvgIpc) is 2.38. The Kier molecular flexibility index (Phi) is 6.20. The summed E-state index contributed by atoms with van der Waals surface area (Å²) in [4.78, 5) is 25.2. The van der Waals surface area contributed by atoms with Crippen LogP contribution in [0.15, 0.2) is 24.3 Å². The minimum atomic E-state index is -0.435. The van der Waals surface area contributed by atoms with Crippen molar-refractivity contribution in [2.75, 3.05) is 32.5 Å². The molecule has 0 aromatic heterocycles. The van der Waals surface area contributed by atoms with E-state index in [1.807, 2.05) is 25.1 Å². The summed E-state index contributed by atoms with van der Waals surface area (Å²) in [6, 6.07) is 8.64. The van der Waals surface area contributed by atoms with Crippen LogP contribution in [-0.2, 0) is 9.59 Å². The fourth-order valence-electron chi connectivity index (χ4n) is 1.51. The molecule has 0 aliphatic heterocycles. The van der Waals surface area contributed by atoms with Gasteiger partial charge in [-0.2, -0.15) is 5.26 Å². The van der Waals surface area contributed by atoms with E-state index in [-0.39, 0.29) is 12.3 Å². The second-order valence-electron chi connectivity index (χ2n) is 4.54. The number of nitriles is 1. The molecule has 1 aromatic rings. The zero-order chi connectivity index (χ0) is 15.0. The fraction of sp³-hybridized carbons (Fsp3) is 0.357. The van der Waals surface area contributed by atoms with Crippen molar-refractivity contribution < 1.29 is 9.59 Å². The molecule has 1 rings (SSSR count). The van der Waals surface area contributed by atoms with E-state index in [4.69, 9.17) is 5.26 Å². The first kappa shape index (κ1) is 15.7. The molecule has 0 unspecified atom stereocenters. The third kappa shape index (κ3) is 5.50. The Hall–Kier alpha value is -2.39. The highest BCUT2D eigenvalue weighted by Crippen LogP contribution is 2.13. The highest BCUT2D eigenvalue weighted by atomic mass is 16.2. The first-order valence-electron chi connectivity index (χ1n) is 6.23. The Morgan fingerprint density at radius 3 is 2.60 bits per heavy atom. The van der Waals surface area contributed by atoms with Crippen molar-refractivity contribution in [3.63, 3.8) is 0 Å². The van der Waals surface area contributed by atoms with Crippen LogP contribution in [0.4, 0.5) is 5.69 Å². The summed E-state index contributed by atoms with van der Waals surface area (Å²) in [5, 5.41) is 14.1. The van der Waals surface area contributed by atoms with Gasteiger partial charge in [0.05, 0.1) is 11.3 Å². The van der Waals surface area contributed by atoms with Crippen molar-refractivity contribution in [1.29, 1.82) is 5.26 Å². The van der Waals surface area contributed by atoms with E-state index >= 15 is 0 Å². The highest BCUT2D eigenvalue weighted by molar-refractivity contribution is 6.04. The number of carbonyl (C=O) groups excluding carboxylic acids is 2. The average molecular weight is 274 g/mol. The minimum absolute atomic E-state index is 0.257. The van der Waals surface area contributed by atoms with Gasteiger partial charge in [0.2, 0.25) is 11.8 Å². The van der Waals surface area contributed by atoms with Gasteiger partial charge in [-0.1, -0.05) is 12.1 Å². The first-order valence-corrected chi connectivity index (χ1v) is 6.23. The molecule has 1 aromatic carbocycles. The largest absolute Gasteiger partial charge is 0.354 e. The zero-order valence-electron chi connectivity index (χ0n) is 11.6. The summed E-state index contributed by atoms with van der Waals surface area (Å²) >= 11 is 0. The maximum atomic E-state index is 11.7. The molecule has 6 heteroatoms. The normalized spacial score (nSPS) is 9.90. The number of anilines is 1. The summed E-state index contributed by atoms with van der Waals surface area (Å²) in [5.74, 6) is -0.770. The van der Waals surface area contributed by atoms with Crippen LogP contribution in [0.2, 0.25) is 0 Å². The summed E-state index contributed by atoms with van der Waals surface area (Å²) in [6.45, 7) is 1.21. The smallest absolute Gasteiger partial charge is 0.233 e. The van der Waals surface area contributed by atoms with Gasteiger partial charge in [0.25, 0.3) is 0 Å². The van der Waals surface area contributed by atoms with E-state index in [2.05, 4.69) is 10.6 Å². The number of nitrogens with one attached hydrogen (secondary N) is 2. The number of rotatable bonds is 6. The molecule has 0 saturated heterocycles. The summed E-state index contributed by atoms with van der Waals surface area (Å²) in [7, 11) is 3.80. The van der Waals surface area contributed by atoms with E-state index in [0.29, 0.717) is 24.3 Å². The number of para-hydroxylation sites is 1. The SMILES string of the molecule is CN(C)CCNC(=O)CC(=O)Nc1ccccc1C#N. The molecule has 0 bridgehead atoms. The van der Waals surface area contributed by atoms with E-state index < -0.39 is 5.91 Å². The molecule has 0 saturated carbocycles. The third-order valence-corrected chi connectivity index (χ3v) is 2.52. The van der Waals surface area contributed by atoms with Crippen LogP contribution in [0, 0.1) is 11.3 Å². The topological polar surface area (TPSA) is 85.2 Å². The molecule has 0 atom stereocenters. The van der Waals surface area contributed by atoms with Crippen molar-refractivity contribution in [1.82, 2.24) is 10.2 Å². The van der Waals surface area contributed by atoms with Gasteiger partial charge in [-0.25, -0.2) is 0 Å². The molecule has 0 fully saturated rings. The predicted molar refractivity (Wildman–Crippen MR) is 76.0 cm³/mol. The van der Waals surface area contributed by atoms with Gasteiger partial charge in [-0.05, 0) is 26.2 Å². The van der Waals surface area contributed by atoms with E-state index in [9.17, 15) is 9.59 Å². The van der Waals surface area contributed by atoms with Crippen molar-refractivity contribution in [2.45, 2.75) is 6.42 Å². The van der Waals surface area contributed by atoms with Crippen molar-refractivity contribution in [2.24, 2.45) is 0 Å². The van der Waals surface area contributed by atoms with E-state index in [1.54, 1.807) is 24.3 Å². The molecule has 0 aliphatic carbocycles. The van der Waals surface area contributed by atoms with Crippen LogP contribution in [-0.4, -0.2) is 43.9 Å². The van der Waals surface area contributed by atoms with Crippen LogP contribution < -0.4 is 10.6 Å². The van der Waals surface area contributed by atoms with Crippen molar-refractivity contribution in [3.8, 4) is 6.07 Å². The van der Waals surface area contributed by atoms with Crippen molar-refractivity contribution >= 4 is 17.5 Å². The maximum absolute atomic E-state index is 11.7. The Labute approximate surface area is 118 Å². The van der Waals surface area contributed by atoms with Crippen LogP contribution >= 0.6 is 0 Å². The van der Waals surface area contributed by atoms with Crippen LogP contribution in [0.5, 0.6) is 0 Å². The second kappa shape index (κ2) is 7.92. The zero-order valence-corrected chi connectivity index (χ0v) is 11.6. The van der Waals surface area contributed by atoms with Crippen molar-refractivity contribution in [3.05, 3.63) is 29.8 Å². The molecular formula is C14H18N4O2.